The van der Waals surface area contributed by atoms with Crippen LogP contribution in [0.4, 0.5) is 5.69 Å². The van der Waals surface area contributed by atoms with Crippen molar-refractivity contribution in [3.8, 4) is 11.5 Å². The highest BCUT2D eigenvalue weighted by Gasteiger charge is 2.16. The van der Waals surface area contributed by atoms with Gasteiger partial charge in [-0.25, -0.2) is 0 Å². The van der Waals surface area contributed by atoms with E-state index < -0.39 is 0 Å². The predicted molar refractivity (Wildman–Crippen MR) is 106 cm³/mol. The van der Waals surface area contributed by atoms with Gasteiger partial charge in [0.05, 0.1) is 25.4 Å². The molecule has 0 aliphatic carbocycles. The summed E-state index contributed by atoms with van der Waals surface area (Å²) in [5.41, 5.74) is 0.924. The van der Waals surface area contributed by atoms with Crippen molar-refractivity contribution >= 4 is 29.1 Å². The molecule has 0 saturated heterocycles. The molecule has 0 aliphatic heterocycles. The molecule has 27 heavy (non-hydrogen) atoms. The smallest absolute Gasteiger partial charge is 0.254 e. The number of halogens is 1. The number of benzene rings is 2. The first-order valence-corrected chi connectivity index (χ1v) is 8.83. The Morgan fingerprint density at radius 3 is 2.41 bits per heavy atom. The molecule has 0 bridgehead atoms. The molecule has 0 heterocycles. The van der Waals surface area contributed by atoms with Crippen LogP contribution in [0.5, 0.6) is 11.5 Å². The summed E-state index contributed by atoms with van der Waals surface area (Å²) in [4.78, 5) is 26.1. The van der Waals surface area contributed by atoms with Gasteiger partial charge in [0.2, 0.25) is 5.91 Å². The third-order valence-corrected chi connectivity index (χ3v) is 3.87. The monoisotopic (exact) mass is 390 g/mol. The maximum atomic E-state index is 12.5. The Bertz CT molecular complexity index is 806. The second-order valence-corrected chi connectivity index (χ2v) is 6.68. The van der Waals surface area contributed by atoms with Crippen molar-refractivity contribution < 1.29 is 19.1 Å². The molecule has 144 valence electrons. The summed E-state index contributed by atoms with van der Waals surface area (Å²) < 4.78 is 10.8. The number of amides is 2. The Kier molecular flexibility index (Phi) is 7.07. The van der Waals surface area contributed by atoms with Gasteiger partial charge < -0.3 is 19.7 Å². The lowest BCUT2D eigenvalue weighted by Gasteiger charge is -2.18. The van der Waals surface area contributed by atoms with Gasteiger partial charge in [-0.3, -0.25) is 9.59 Å². The van der Waals surface area contributed by atoms with E-state index in [9.17, 15) is 9.59 Å². The molecular weight excluding hydrogens is 368 g/mol. The Labute approximate surface area is 164 Å². The van der Waals surface area contributed by atoms with Crippen LogP contribution in [-0.2, 0) is 4.79 Å². The van der Waals surface area contributed by atoms with Crippen LogP contribution in [0, 0.1) is 0 Å². The number of carbonyl (C=O) groups excluding carboxylic acids is 2. The molecule has 0 aromatic heterocycles. The van der Waals surface area contributed by atoms with Crippen LogP contribution in [0.3, 0.4) is 0 Å². The van der Waals surface area contributed by atoms with Gasteiger partial charge in [0.15, 0.2) is 0 Å². The third kappa shape index (κ3) is 5.89. The normalized spacial score (nSPS) is 10.4. The van der Waals surface area contributed by atoms with Crippen molar-refractivity contribution in [2.75, 3.05) is 26.0 Å². The van der Waals surface area contributed by atoms with Crippen LogP contribution in [0.25, 0.3) is 0 Å². The predicted octanol–water partition coefficient (Wildman–Crippen LogP) is 3.85. The Morgan fingerprint density at radius 1 is 1.15 bits per heavy atom. The van der Waals surface area contributed by atoms with Crippen LogP contribution >= 0.6 is 11.6 Å². The van der Waals surface area contributed by atoms with E-state index in [-0.39, 0.29) is 24.5 Å². The quantitative estimate of drug-likeness (QED) is 0.779. The van der Waals surface area contributed by atoms with E-state index >= 15 is 0 Å². The lowest BCUT2D eigenvalue weighted by atomic mass is 10.2. The van der Waals surface area contributed by atoms with Gasteiger partial charge in [0, 0.05) is 17.6 Å². The molecule has 0 atom stereocenters. The molecule has 0 aliphatic rings. The Hall–Kier alpha value is -2.73. The molecular formula is C20H23ClN2O4. The average Bonchev–Trinajstić information content (AvgIpc) is 2.61. The first-order valence-electron chi connectivity index (χ1n) is 8.45. The van der Waals surface area contributed by atoms with Crippen molar-refractivity contribution in [2.24, 2.45) is 0 Å². The van der Waals surface area contributed by atoms with Crippen LogP contribution < -0.4 is 14.8 Å². The zero-order chi connectivity index (χ0) is 20.0. The van der Waals surface area contributed by atoms with Crippen LogP contribution in [0.2, 0.25) is 5.02 Å². The number of nitrogens with zero attached hydrogens (tertiary/aromatic N) is 1. The van der Waals surface area contributed by atoms with Crippen molar-refractivity contribution in [3.05, 3.63) is 53.1 Å². The minimum Gasteiger partial charge on any atom is -0.495 e. The minimum atomic E-state index is -0.355. The standard InChI is InChI=1S/C20H23ClN2O4/c1-13(2)27-16-8-5-14(6-9-16)20(25)23(3)12-19(24)22-17-11-15(21)7-10-18(17)26-4/h5-11,13H,12H2,1-4H3,(H,22,24). The van der Waals surface area contributed by atoms with Gasteiger partial charge in [-0.1, -0.05) is 11.6 Å². The fourth-order valence-electron chi connectivity index (χ4n) is 2.42. The van der Waals surface area contributed by atoms with Crippen molar-refractivity contribution in [2.45, 2.75) is 20.0 Å². The number of hydrogen-bond acceptors (Lipinski definition) is 4. The SMILES string of the molecule is COc1ccc(Cl)cc1NC(=O)CN(C)C(=O)c1ccc(OC(C)C)cc1. The van der Waals surface area contributed by atoms with Crippen LogP contribution in [0.1, 0.15) is 24.2 Å². The topological polar surface area (TPSA) is 67.9 Å². The van der Waals surface area contributed by atoms with Gasteiger partial charge in [-0.05, 0) is 56.3 Å². The van der Waals surface area contributed by atoms with Gasteiger partial charge in [-0.2, -0.15) is 0 Å². The molecule has 2 rings (SSSR count). The summed E-state index contributed by atoms with van der Waals surface area (Å²) in [6.07, 6.45) is 0.0569. The summed E-state index contributed by atoms with van der Waals surface area (Å²) in [6, 6.07) is 11.7. The van der Waals surface area contributed by atoms with Gasteiger partial charge in [0.25, 0.3) is 5.91 Å². The highest BCUT2D eigenvalue weighted by Crippen LogP contribution is 2.27. The van der Waals surface area contributed by atoms with E-state index in [2.05, 4.69) is 5.32 Å². The van der Waals surface area contributed by atoms with Gasteiger partial charge in [0.1, 0.15) is 11.5 Å². The summed E-state index contributed by atoms with van der Waals surface area (Å²) >= 11 is 5.96. The summed E-state index contributed by atoms with van der Waals surface area (Å²) in [5.74, 6) is 0.558. The van der Waals surface area contributed by atoms with Gasteiger partial charge in [-0.15, -0.1) is 0 Å². The second kappa shape index (κ2) is 9.28. The molecule has 2 aromatic carbocycles. The highest BCUT2D eigenvalue weighted by molar-refractivity contribution is 6.31. The second-order valence-electron chi connectivity index (χ2n) is 6.24. The molecule has 0 spiro atoms. The summed E-state index contributed by atoms with van der Waals surface area (Å²) in [6.45, 7) is 3.75. The number of methoxy groups -OCH3 is 1. The zero-order valence-corrected chi connectivity index (χ0v) is 16.5. The number of hydrogen-bond donors (Lipinski definition) is 1. The molecule has 2 amide bonds. The number of ether oxygens (including phenoxy) is 2. The lowest BCUT2D eigenvalue weighted by Crippen LogP contribution is -2.35. The van der Waals surface area contributed by atoms with Crippen molar-refractivity contribution in [1.29, 1.82) is 0 Å². The van der Waals surface area contributed by atoms with Crippen LogP contribution in [-0.4, -0.2) is 43.5 Å². The molecule has 2 aromatic rings. The maximum absolute atomic E-state index is 12.5. The Morgan fingerprint density at radius 2 is 1.81 bits per heavy atom. The van der Waals surface area contributed by atoms with E-state index in [0.29, 0.717) is 27.8 Å². The van der Waals surface area contributed by atoms with Crippen molar-refractivity contribution in [1.82, 2.24) is 4.90 Å². The van der Waals surface area contributed by atoms with E-state index in [1.165, 1.54) is 12.0 Å². The molecule has 0 fully saturated rings. The number of rotatable bonds is 7. The molecule has 7 heteroatoms. The third-order valence-electron chi connectivity index (χ3n) is 3.64. The van der Waals surface area contributed by atoms with Gasteiger partial charge >= 0.3 is 0 Å². The minimum absolute atomic E-state index is 0.0569. The largest absolute Gasteiger partial charge is 0.495 e. The van der Waals surface area contributed by atoms with Crippen molar-refractivity contribution in [3.63, 3.8) is 0 Å². The number of anilines is 1. The van der Waals surface area contributed by atoms with Crippen LogP contribution in [0.15, 0.2) is 42.5 Å². The number of carbonyl (C=O) groups is 2. The maximum Gasteiger partial charge on any atom is 0.254 e. The van der Waals surface area contributed by atoms with E-state index in [4.69, 9.17) is 21.1 Å². The first kappa shape index (κ1) is 20.6. The Balaban J connectivity index is 1.99. The molecule has 0 saturated carbocycles. The molecule has 6 nitrogen and oxygen atoms in total. The summed E-state index contributed by atoms with van der Waals surface area (Å²) in [5, 5.41) is 3.18. The molecule has 0 radical (unpaired) electrons. The fourth-order valence-corrected chi connectivity index (χ4v) is 2.60. The number of nitrogens with one attached hydrogen (secondary N) is 1. The van der Waals surface area contributed by atoms with E-state index in [1.807, 2.05) is 13.8 Å². The van der Waals surface area contributed by atoms with E-state index in [1.54, 1.807) is 49.5 Å². The first-order chi connectivity index (χ1) is 12.8. The zero-order valence-electron chi connectivity index (χ0n) is 15.8. The summed E-state index contributed by atoms with van der Waals surface area (Å²) in [7, 11) is 3.07. The average molecular weight is 391 g/mol. The lowest BCUT2D eigenvalue weighted by molar-refractivity contribution is -0.116. The number of likely N-dealkylation sites (N-methyl/N-ethyl adjacent to an activating group) is 1. The molecule has 0 unspecified atom stereocenters. The molecule has 1 N–H and O–H groups in total. The fraction of sp³-hybridized carbons (Fsp3) is 0.300. The highest BCUT2D eigenvalue weighted by atomic mass is 35.5. The van der Waals surface area contributed by atoms with E-state index in [0.717, 1.165) is 0 Å².